The Balaban J connectivity index is 2.63. The molecule has 1 rings (SSSR count). The molecule has 1 aliphatic carbocycles. The van der Waals surface area contributed by atoms with E-state index in [1.165, 1.54) is 0 Å². The average molecular weight is 285 g/mol. The van der Waals surface area contributed by atoms with Crippen LogP contribution in [0, 0.1) is 17.8 Å². The molecular weight excluding hydrogens is 258 g/mol. The smallest absolute Gasteiger partial charge is 0.307 e. The predicted octanol–water partition coefficient (Wildman–Crippen LogP) is 2.05. The molecule has 0 saturated heterocycles. The monoisotopic (exact) mass is 285 g/mol. The molecule has 0 aromatic heterocycles. The largest absolute Gasteiger partial charge is 0.481 e. The van der Waals surface area contributed by atoms with E-state index in [0.29, 0.717) is 26.1 Å². The van der Waals surface area contributed by atoms with Crippen molar-refractivity contribution in [3.05, 3.63) is 0 Å². The zero-order chi connectivity index (χ0) is 15.1. The minimum absolute atomic E-state index is 0.0566. The highest BCUT2D eigenvalue weighted by Gasteiger charge is 2.36. The van der Waals surface area contributed by atoms with Gasteiger partial charge in [0.05, 0.1) is 24.5 Å². The second-order valence-electron chi connectivity index (χ2n) is 5.85. The van der Waals surface area contributed by atoms with Gasteiger partial charge >= 0.3 is 5.97 Å². The van der Waals surface area contributed by atoms with Gasteiger partial charge in [0.25, 0.3) is 0 Å². The quantitative estimate of drug-likeness (QED) is 0.750. The van der Waals surface area contributed by atoms with Crippen LogP contribution in [-0.2, 0) is 14.3 Å². The summed E-state index contributed by atoms with van der Waals surface area (Å²) in [4.78, 5) is 23.6. The number of hydrogen-bond donors (Lipinski definition) is 2. The highest BCUT2D eigenvalue weighted by Crippen LogP contribution is 2.30. The maximum atomic E-state index is 12.4. The first-order chi connectivity index (χ1) is 9.47. The van der Waals surface area contributed by atoms with Crippen molar-refractivity contribution in [2.75, 3.05) is 13.2 Å². The maximum absolute atomic E-state index is 12.4. The van der Waals surface area contributed by atoms with E-state index in [-0.39, 0.29) is 17.9 Å². The Morgan fingerprint density at radius 3 is 2.35 bits per heavy atom. The lowest BCUT2D eigenvalue weighted by Gasteiger charge is -2.30. The van der Waals surface area contributed by atoms with Crippen molar-refractivity contribution in [3.8, 4) is 0 Å². The molecule has 20 heavy (non-hydrogen) atoms. The number of carbonyl (C=O) groups excluding carboxylic acids is 1. The predicted molar refractivity (Wildman–Crippen MR) is 76.3 cm³/mol. The van der Waals surface area contributed by atoms with E-state index in [9.17, 15) is 14.7 Å². The zero-order valence-electron chi connectivity index (χ0n) is 12.7. The van der Waals surface area contributed by atoms with Crippen molar-refractivity contribution in [2.24, 2.45) is 17.8 Å². The van der Waals surface area contributed by atoms with Gasteiger partial charge in [0.1, 0.15) is 0 Å². The van der Waals surface area contributed by atoms with Crippen molar-refractivity contribution in [1.29, 1.82) is 0 Å². The summed E-state index contributed by atoms with van der Waals surface area (Å²) in [6.07, 6.45) is 3.10. The summed E-state index contributed by atoms with van der Waals surface area (Å²) in [7, 11) is 0. The van der Waals surface area contributed by atoms with Crippen LogP contribution >= 0.6 is 0 Å². The van der Waals surface area contributed by atoms with Crippen LogP contribution in [0.15, 0.2) is 0 Å². The van der Waals surface area contributed by atoms with Gasteiger partial charge in [-0.2, -0.15) is 0 Å². The molecule has 1 fully saturated rings. The van der Waals surface area contributed by atoms with Gasteiger partial charge in [-0.25, -0.2) is 0 Å². The van der Waals surface area contributed by atoms with Crippen molar-refractivity contribution >= 4 is 11.9 Å². The van der Waals surface area contributed by atoms with E-state index in [4.69, 9.17) is 4.74 Å². The number of rotatable bonds is 7. The first-order valence-corrected chi connectivity index (χ1v) is 7.58. The van der Waals surface area contributed by atoms with Crippen molar-refractivity contribution in [3.63, 3.8) is 0 Å². The van der Waals surface area contributed by atoms with Crippen LogP contribution in [0.25, 0.3) is 0 Å². The molecule has 0 heterocycles. The molecule has 1 saturated carbocycles. The second-order valence-corrected chi connectivity index (χ2v) is 5.85. The lowest BCUT2D eigenvalue weighted by Crippen LogP contribution is -2.47. The third-order valence-corrected chi connectivity index (χ3v) is 4.05. The molecule has 0 aliphatic heterocycles. The number of hydrogen-bond acceptors (Lipinski definition) is 3. The molecule has 5 nitrogen and oxygen atoms in total. The van der Waals surface area contributed by atoms with Gasteiger partial charge in [-0.3, -0.25) is 9.59 Å². The molecular formula is C15H27NO4. The standard InChI is InChI=1S/C15H27NO4/c1-4-20-9-13(10(2)3)16-14(17)11-7-5-6-8-12(11)15(18)19/h10-13H,4-9H2,1-3H3,(H,16,17)(H,18,19)/t11-,12+,13?/m1/s1. The molecule has 1 unspecified atom stereocenters. The van der Waals surface area contributed by atoms with Crippen LogP contribution in [0.1, 0.15) is 46.5 Å². The van der Waals surface area contributed by atoms with Gasteiger partial charge in [0, 0.05) is 6.61 Å². The fourth-order valence-corrected chi connectivity index (χ4v) is 2.68. The molecule has 2 N–H and O–H groups in total. The lowest BCUT2D eigenvalue weighted by atomic mass is 9.78. The van der Waals surface area contributed by atoms with Crippen molar-refractivity contribution in [2.45, 2.75) is 52.5 Å². The Kier molecular flexibility index (Phi) is 6.99. The molecule has 0 radical (unpaired) electrons. The molecule has 3 atom stereocenters. The molecule has 1 aliphatic rings. The topological polar surface area (TPSA) is 75.6 Å². The summed E-state index contributed by atoms with van der Waals surface area (Å²) in [5.74, 6) is -1.66. The van der Waals surface area contributed by atoms with Gasteiger partial charge in [-0.15, -0.1) is 0 Å². The number of carboxylic acids is 1. The number of aliphatic carboxylic acids is 1. The summed E-state index contributed by atoms with van der Waals surface area (Å²) in [5, 5.41) is 12.2. The van der Waals surface area contributed by atoms with Crippen LogP contribution in [0.3, 0.4) is 0 Å². The van der Waals surface area contributed by atoms with Crippen molar-refractivity contribution < 1.29 is 19.4 Å². The van der Waals surface area contributed by atoms with Gasteiger partial charge in [0.2, 0.25) is 5.91 Å². The fourth-order valence-electron chi connectivity index (χ4n) is 2.68. The van der Waals surface area contributed by atoms with E-state index < -0.39 is 17.8 Å². The van der Waals surface area contributed by atoms with Crippen LogP contribution < -0.4 is 5.32 Å². The number of amides is 1. The zero-order valence-corrected chi connectivity index (χ0v) is 12.7. The Labute approximate surface area is 121 Å². The normalized spacial score (nSPS) is 24.4. The van der Waals surface area contributed by atoms with E-state index in [0.717, 1.165) is 12.8 Å². The van der Waals surface area contributed by atoms with Gasteiger partial charge in [-0.05, 0) is 25.7 Å². The maximum Gasteiger partial charge on any atom is 0.307 e. The van der Waals surface area contributed by atoms with Gasteiger partial charge < -0.3 is 15.2 Å². The van der Waals surface area contributed by atoms with E-state index in [2.05, 4.69) is 5.32 Å². The van der Waals surface area contributed by atoms with Crippen LogP contribution in [0.4, 0.5) is 0 Å². The fraction of sp³-hybridized carbons (Fsp3) is 0.867. The third-order valence-electron chi connectivity index (χ3n) is 4.05. The highest BCUT2D eigenvalue weighted by molar-refractivity contribution is 5.85. The van der Waals surface area contributed by atoms with Crippen LogP contribution in [-0.4, -0.2) is 36.2 Å². The molecule has 0 aromatic rings. The second kappa shape index (κ2) is 8.25. The molecule has 5 heteroatoms. The molecule has 0 aromatic carbocycles. The van der Waals surface area contributed by atoms with E-state index >= 15 is 0 Å². The Morgan fingerprint density at radius 2 is 1.85 bits per heavy atom. The third kappa shape index (κ3) is 4.78. The van der Waals surface area contributed by atoms with E-state index in [1.54, 1.807) is 0 Å². The van der Waals surface area contributed by atoms with Gasteiger partial charge in [0.15, 0.2) is 0 Å². The SMILES string of the molecule is CCOCC(NC(=O)[C@@H]1CCCC[C@@H]1C(=O)O)C(C)C. The number of carbonyl (C=O) groups is 2. The van der Waals surface area contributed by atoms with Crippen molar-refractivity contribution in [1.82, 2.24) is 5.32 Å². The Bertz CT molecular complexity index is 330. The average Bonchev–Trinajstić information content (AvgIpc) is 2.42. The summed E-state index contributed by atoms with van der Waals surface area (Å²) in [6.45, 7) is 7.06. The van der Waals surface area contributed by atoms with Crippen LogP contribution in [0.5, 0.6) is 0 Å². The number of ether oxygens (including phenoxy) is 1. The summed E-state index contributed by atoms with van der Waals surface area (Å²) < 4.78 is 5.39. The van der Waals surface area contributed by atoms with Crippen LogP contribution in [0.2, 0.25) is 0 Å². The first-order valence-electron chi connectivity index (χ1n) is 7.58. The first kappa shape index (κ1) is 17.0. The molecule has 0 spiro atoms. The van der Waals surface area contributed by atoms with Gasteiger partial charge in [-0.1, -0.05) is 26.7 Å². The highest BCUT2D eigenvalue weighted by atomic mass is 16.5. The molecule has 0 bridgehead atoms. The number of nitrogens with one attached hydrogen (secondary N) is 1. The minimum atomic E-state index is -0.851. The minimum Gasteiger partial charge on any atom is -0.481 e. The molecule has 116 valence electrons. The number of carboxylic acid groups (broad SMARTS) is 1. The summed E-state index contributed by atoms with van der Waals surface area (Å²) in [6, 6.07) is -0.0566. The summed E-state index contributed by atoms with van der Waals surface area (Å²) >= 11 is 0. The Morgan fingerprint density at radius 1 is 1.25 bits per heavy atom. The molecule has 1 amide bonds. The lowest BCUT2D eigenvalue weighted by molar-refractivity contribution is -0.149. The van der Waals surface area contributed by atoms with E-state index in [1.807, 2.05) is 20.8 Å². The summed E-state index contributed by atoms with van der Waals surface area (Å²) in [5.41, 5.74) is 0. The Hall–Kier alpha value is -1.10.